The van der Waals surface area contributed by atoms with E-state index in [4.69, 9.17) is 38.6 Å². The van der Waals surface area contributed by atoms with Gasteiger partial charge in [-0.05, 0) is 19.1 Å². The van der Waals surface area contributed by atoms with Gasteiger partial charge in [0.05, 0.1) is 14.9 Å². The van der Waals surface area contributed by atoms with Gasteiger partial charge in [0, 0.05) is 24.3 Å². The molecule has 0 aliphatic heterocycles. The lowest BCUT2D eigenvalue weighted by Gasteiger charge is -2.16. The highest BCUT2D eigenvalue weighted by Crippen LogP contribution is 2.36. The molecule has 0 radical (unpaired) electrons. The normalized spacial score (nSPS) is 11.2. The third kappa shape index (κ3) is 4.41. The summed E-state index contributed by atoms with van der Waals surface area (Å²) in [6, 6.07) is 2.22. The summed E-state index contributed by atoms with van der Waals surface area (Å²) in [6.07, 6.45) is 0. The zero-order valence-corrected chi connectivity index (χ0v) is 13.8. The van der Waals surface area contributed by atoms with E-state index in [2.05, 4.69) is 0 Å². The van der Waals surface area contributed by atoms with Crippen molar-refractivity contribution in [3.63, 3.8) is 0 Å². The van der Waals surface area contributed by atoms with Crippen LogP contribution in [-0.4, -0.2) is 39.4 Å². The molecule has 0 aromatic heterocycles. The van der Waals surface area contributed by atoms with Crippen molar-refractivity contribution in [2.75, 3.05) is 20.2 Å². The molecule has 1 aromatic carbocycles. The van der Waals surface area contributed by atoms with E-state index in [1.54, 1.807) is 7.05 Å². The Balaban J connectivity index is 2.96. The van der Waals surface area contributed by atoms with E-state index < -0.39 is 9.05 Å². The molecule has 1 amide bonds. The fraction of sp³-hybridized carbons (Fsp3) is 0.364. The molecule has 0 aliphatic rings. The van der Waals surface area contributed by atoms with Crippen molar-refractivity contribution in [1.82, 2.24) is 4.90 Å². The molecule has 0 saturated carbocycles. The van der Waals surface area contributed by atoms with Gasteiger partial charge < -0.3 is 9.64 Å². The van der Waals surface area contributed by atoms with Crippen LogP contribution in [0.4, 0.5) is 0 Å². The minimum Gasteiger partial charge on any atom is -0.481 e. The minimum absolute atomic E-state index is 0.0373. The maximum Gasteiger partial charge on any atom is 0.261 e. The van der Waals surface area contributed by atoms with Gasteiger partial charge in [-0.1, -0.05) is 23.2 Å². The third-order valence-electron chi connectivity index (χ3n) is 2.49. The first kappa shape index (κ1) is 17.4. The van der Waals surface area contributed by atoms with Gasteiger partial charge in [0.25, 0.3) is 15.0 Å². The third-order valence-corrected chi connectivity index (χ3v) is 4.39. The van der Waals surface area contributed by atoms with E-state index in [-0.39, 0.29) is 33.2 Å². The second-order valence-electron chi connectivity index (χ2n) is 3.85. The van der Waals surface area contributed by atoms with E-state index in [1.807, 2.05) is 6.92 Å². The summed E-state index contributed by atoms with van der Waals surface area (Å²) in [5.74, 6) is -0.219. The van der Waals surface area contributed by atoms with Crippen molar-refractivity contribution in [2.24, 2.45) is 0 Å². The monoisotopic (exact) mass is 359 g/mol. The molecule has 112 valence electrons. The number of likely N-dealkylation sites (N-methyl/N-ethyl adjacent to an activating group) is 1. The summed E-state index contributed by atoms with van der Waals surface area (Å²) in [4.78, 5) is 12.8. The smallest absolute Gasteiger partial charge is 0.261 e. The maximum atomic E-state index is 11.6. The van der Waals surface area contributed by atoms with Crippen molar-refractivity contribution in [2.45, 2.75) is 11.8 Å². The number of carbonyl (C=O) groups excluding carboxylic acids is 1. The molecule has 0 atom stereocenters. The van der Waals surface area contributed by atoms with E-state index in [9.17, 15) is 13.2 Å². The lowest BCUT2D eigenvalue weighted by Crippen LogP contribution is -2.31. The molecular formula is C11H12Cl3NO4S. The number of nitrogens with zero attached hydrogens (tertiary/aromatic N) is 1. The van der Waals surface area contributed by atoms with E-state index in [1.165, 1.54) is 4.90 Å². The minimum atomic E-state index is -3.94. The first-order valence-corrected chi connectivity index (χ1v) is 8.53. The van der Waals surface area contributed by atoms with Crippen LogP contribution in [0.1, 0.15) is 6.92 Å². The van der Waals surface area contributed by atoms with E-state index >= 15 is 0 Å². The lowest BCUT2D eigenvalue weighted by molar-refractivity contribution is -0.131. The van der Waals surface area contributed by atoms with Crippen LogP contribution >= 0.6 is 33.9 Å². The Bertz CT molecular complexity index is 595. The summed E-state index contributed by atoms with van der Waals surface area (Å²) < 4.78 is 27.6. The van der Waals surface area contributed by atoms with Crippen LogP contribution in [0.15, 0.2) is 17.0 Å². The first-order valence-electron chi connectivity index (χ1n) is 5.47. The van der Waals surface area contributed by atoms with E-state index in [0.29, 0.717) is 6.54 Å². The highest BCUT2D eigenvalue weighted by molar-refractivity contribution is 8.13. The number of halogens is 3. The molecule has 0 N–H and O–H groups in total. The second-order valence-corrected chi connectivity index (χ2v) is 7.23. The van der Waals surface area contributed by atoms with Crippen LogP contribution in [0.5, 0.6) is 5.75 Å². The second kappa shape index (κ2) is 6.85. The van der Waals surface area contributed by atoms with Crippen molar-refractivity contribution >= 4 is 48.8 Å². The summed E-state index contributed by atoms with van der Waals surface area (Å²) in [5.41, 5.74) is 0. The zero-order chi connectivity index (χ0) is 15.5. The molecule has 9 heteroatoms. The number of amides is 1. The standard InChI is InChI=1S/C11H12Cl3NO4S/c1-3-15(2)10(16)6-19-11-8(12)4-7(5-9(11)13)20(14,17)18/h4-5H,3,6H2,1-2H3. The average molecular weight is 361 g/mol. The number of ether oxygens (including phenoxy) is 1. The maximum absolute atomic E-state index is 11.6. The van der Waals surface area contributed by atoms with Crippen molar-refractivity contribution in [3.05, 3.63) is 22.2 Å². The Morgan fingerprint density at radius 3 is 2.20 bits per heavy atom. The van der Waals surface area contributed by atoms with Crippen molar-refractivity contribution in [1.29, 1.82) is 0 Å². The van der Waals surface area contributed by atoms with Crippen LogP contribution < -0.4 is 4.74 Å². The Morgan fingerprint density at radius 2 is 1.80 bits per heavy atom. The Hall–Kier alpha value is -0.690. The van der Waals surface area contributed by atoms with Gasteiger partial charge in [0.15, 0.2) is 12.4 Å². The molecule has 1 aromatic rings. The molecule has 1 rings (SSSR count). The fourth-order valence-electron chi connectivity index (χ4n) is 1.24. The number of hydrogen-bond acceptors (Lipinski definition) is 4. The molecule has 0 spiro atoms. The van der Waals surface area contributed by atoms with Crippen LogP contribution in [0.2, 0.25) is 10.0 Å². The van der Waals surface area contributed by atoms with Crippen LogP contribution in [0.25, 0.3) is 0 Å². The molecule has 0 saturated heterocycles. The topological polar surface area (TPSA) is 63.7 Å². The van der Waals surface area contributed by atoms with Gasteiger partial charge in [-0.3, -0.25) is 4.79 Å². The SMILES string of the molecule is CCN(C)C(=O)COc1c(Cl)cc(S(=O)(=O)Cl)cc1Cl. The number of hydrogen-bond donors (Lipinski definition) is 0. The molecule has 20 heavy (non-hydrogen) atoms. The molecule has 0 heterocycles. The van der Waals surface area contributed by atoms with Crippen LogP contribution in [0.3, 0.4) is 0 Å². The highest BCUT2D eigenvalue weighted by Gasteiger charge is 2.18. The predicted molar refractivity (Wildman–Crippen MR) is 78.3 cm³/mol. The summed E-state index contributed by atoms with van der Waals surface area (Å²) in [6.45, 7) is 2.10. The van der Waals surface area contributed by atoms with Gasteiger partial charge in [0.2, 0.25) is 0 Å². The average Bonchev–Trinajstić information content (AvgIpc) is 2.35. The Kier molecular flexibility index (Phi) is 5.94. The molecular weight excluding hydrogens is 349 g/mol. The van der Waals surface area contributed by atoms with Crippen molar-refractivity contribution < 1.29 is 17.9 Å². The van der Waals surface area contributed by atoms with Gasteiger partial charge in [0.1, 0.15) is 0 Å². The molecule has 0 unspecified atom stereocenters. The quantitative estimate of drug-likeness (QED) is 0.757. The van der Waals surface area contributed by atoms with Gasteiger partial charge in [-0.15, -0.1) is 0 Å². The summed E-state index contributed by atoms with van der Waals surface area (Å²) in [7, 11) is 2.88. The number of carbonyl (C=O) groups is 1. The molecule has 5 nitrogen and oxygen atoms in total. The fourth-order valence-corrected chi connectivity index (χ4v) is 2.75. The predicted octanol–water partition coefficient (Wildman–Crippen LogP) is 2.78. The summed E-state index contributed by atoms with van der Waals surface area (Å²) >= 11 is 11.8. The summed E-state index contributed by atoms with van der Waals surface area (Å²) in [5, 5.41) is -0.0765. The van der Waals surface area contributed by atoms with Gasteiger partial charge in [-0.25, -0.2) is 8.42 Å². The Labute approximate surface area is 131 Å². The molecule has 0 bridgehead atoms. The molecule has 0 fully saturated rings. The first-order chi connectivity index (χ1) is 9.16. The zero-order valence-electron chi connectivity index (χ0n) is 10.7. The number of rotatable bonds is 5. The van der Waals surface area contributed by atoms with Gasteiger partial charge >= 0.3 is 0 Å². The van der Waals surface area contributed by atoms with Gasteiger partial charge in [-0.2, -0.15) is 0 Å². The lowest BCUT2D eigenvalue weighted by atomic mass is 10.3. The van der Waals surface area contributed by atoms with Crippen LogP contribution in [0, 0.1) is 0 Å². The number of benzene rings is 1. The van der Waals surface area contributed by atoms with Crippen LogP contribution in [-0.2, 0) is 13.8 Å². The highest BCUT2D eigenvalue weighted by atomic mass is 35.7. The largest absolute Gasteiger partial charge is 0.481 e. The van der Waals surface area contributed by atoms with E-state index in [0.717, 1.165) is 12.1 Å². The Morgan fingerprint density at radius 1 is 1.30 bits per heavy atom. The van der Waals surface area contributed by atoms with Crippen molar-refractivity contribution in [3.8, 4) is 5.75 Å². The molecule has 0 aliphatic carbocycles.